The Labute approximate surface area is 87.3 Å². The Bertz CT molecular complexity index is 402. The molecule has 80 valence electrons. The van der Waals surface area contributed by atoms with E-state index in [-0.39, 0.29) is 5.82 Å². The van der Waals surface area contributed by atoms with Crippen LogP contribution >= 0.6 is 0 Å². The highest BCUT2D eigenvalue weighted by molar-refractivity contribution is 5.13. The van der Waals surface area contributed by atoms with Crippen LogP contribution in [0.2, 0.25) is 0 Å². The summed E-state index contributed by atoms with van der Waals surface area (Å²) >= 11 is 0. The van der Waals surface area contributed by atoms with Gasteiger partial charge in [-0.1, -0.05) is 0 Å². The monoisotopic (exact) mass is 208 g/mol. The van der Waals surface area contributed by atoms with Crippen LogP contribution in [0, 0.1) is 26.9 Å². The van der Waals surface area contributed by atoms with Gasteiger partial charge in [0.25, 0.3) is 0 Å². The molecule has 6 nitrogen and oxygen atoms in total. The Morgan fingerprint density at radius 3 is 2.87 bits per heavy atom. The summed E-state index contributed by atoms with van der Waals surface area (Å²) in [5, 5.41) is 22.9. The first-order valence-corrected chi connectivity index (χ1v) is 4.54. The van der Waals surface area contributed by atoms with Crippen molar-refractivity contribution in [1.82, 2.24) is 9.78 Å². The molecule has 0 aliphatic carbocycles. The van der Waals surface area contributed by atoms with Crippen molar-refractivity contribution in [3.05, 3.63) is 22.4 Å². The van der Waals surface area contributed by atoms with Crippen LogP contribution in [-0.4, -0.2) is 14.7 Å². The molecule has 0 radical (unpaired) electrons. The predicted octanol–water partition coefficient (Wildman–Crippen LogP) is 1.73. The van der Waals surface area contributed by atoms with Crippen LogP contribution in [0.5, 0.6) is 0 Å². The van der Waals surface area contributed by atoms with Gasteiger partial charge in [-0.15, -0.1) is 0 Å². The lowest BCUT2D eigenvalue weighted by molar-refractivity contribution is -0.389. The van der Waals surface area contributed by atoms with E-state index in [2.05, 4.69) is 11.2 Å². The molecule has 6 heteroatoms. The summed E-state index contributed by atoms with van der Waals surface area (Å²) in [4.78, 5) is 9.81. The van der Waals surface area contributed by atoms with Crippen LogP contribution in [0.25, 0.3) is 0 Å². The van der Waals surface area contributed by atoms with E-state index in [0.29, 0.717) is 13.0 Å². The Balaban J connectivity index is 2.60. The van der Waals surface area contributed by atoms with Crippen molar-refractivity contribution >= 4 is 5.82 Å². The van der Waals surface area contributed by atoms with Crippen LogP contribution in [-0.2, 0) is 6.54 Å². The summed E-state index contributed by atoms with van der Waals surface area (Å²) < 4.78 is 1.48. The molecule has 0 bridgehead atoms. The van der Waals surface area contributed by atoms with Gasteiger partial charge in [0.2, 0.25) is 0 Å². The quantitative estimate of drug-likeness (QED) is 0.557. The topological polar surface area (TPSA) is 84.8 Å². The molecular weight excluding hydrogens is 196 g/mol. The molecule has 0 N–H and O–H groups in total. The minimum atomic E-state index is -0.536. The summed E-state index contributed by atoms with van der Waals surface area (Å²) in [6.45, 7) is 4.16. The largest absolute Gasteiger partial charge is 0.389 e. The molecule has 0 atom stereocenters. The standard InChI is InChI=1S/C9H12N4O2/c1-9(2,7-10)4-6-12-5-3-8(11-12)13(14)15/h3,5H,4,6H2,1-2H3. The van der Waals surface area contributed by atoms with Gasteiger partial charge >= 0.3 is 5.82 Å². The van der Waals surface area contributed by atoms with E-state index in [1.54, 1.807) is 6.20 Å². The van der Waals surface area contributed by atoms with E-state index in [1.165, 1.54) is 10.7 Å². The minimum absolute atomic E-state index is 0.162. The number of nitro groups is 1. The van der Waals surface area contributed by atoms with E-state index >= 15 is 0 Å². The van der Waals surface area contributed by atoms with E-state index in [9.17, 15) is 10.1 Å². The van der Waals surface area contributed by atoms with Crippen LogP contribution in [0.3, 0.4) is 0 Å². The van der Waals surface area contributed by atoms with E-state index in [4.69, 9.17) is 5.26 Å². The van der Waals surface area contributed by atoms with Gasteiger partial charge in [-0.05, 0) is 25.2 Å². The molecule has 0 aliphatic rings. The molecule has 1 rings (SSSR count). The van der Waals surface area contributed by atoms with E-state index in [1.807, 2.05) is 13.8 Å². The SMILES string of the molecule is CC(C)(C#N)CCn1ccc([N+](=O)[O-])n1. The molecule has 0 saturated carbocycles. The van der Waals surface area contributed by atoms with Gasteiger partial charge in [-0.3, -0.25) is 0 Å². The normalized spacial score (nSPS) is 11.0. The van der Waals surface area contributed by atoms with Gasteiger partial charge in [0.05, 0.1) is 35.4 Å². The predicted molar refractivity (Wildman–Crippen MR) is 52.9 cm³/mol. The van der Waals surface area contributed by atoms with Gasteiger partial charge in [0.15, 0.2) is 0 Å². The zero-order valence-electron chi connectivity index (χ0n) is 8.67. The first-order chi connectivity index (χ1) is 6.94. The molecule has 0 saturated heterocycles. The molecule has 1 heterocycles. The van der Waals surface area contributed by atoms with Crippen molar-refractivity contribution in [2.24, 2.45) is 5.41 Å². The second-order valence-corrected chi connectivity index (χ2v) is 3.94. The zero-order chi connectivity index (χ0) is 11.5. The van der Waals surface area contributed by atoms with Gasteiger partial charge < -0.3 is 10.1 Å². The summed E-state index contributed by atoms with van der Waals surface area (Å²) in [7, 11) is 0. The highest BCUT2D eigenvalue weighted by atomic mass is 16.6. The molecule has 15 heavy (non-hydrogen) atoms. The van der Waals surface area contributed by atoms with Crippen LogP contribution < -0.4 is 0 Å². The Kier molecular flexibility index (Phi) is 3.04. The third-order valence-corrected chi connectivity index (χ3v) is 2.08. The van der Waals surface area contributed by atoms with Crippen LogP contribution in [0.1, 0.15) is 20.3 Å². The highest BCUT2D eigenvalue weighted by Crippen LogP contribution is 2.19. The Morgan fingerprint density at radius 1 is 1.73 bits per heavy atom. The highest BCUT2D eigenvalue weighted by Gasteiger charge is 2.18. The molecule has 1 aromatic heterocycles. The second kappa shape index (κ2) is 4.09. The smallest absolute Gasteiger partial charge is 0.358 e. The fourth-order valence-electron chi connectivity index (χ4n) is 1.02. The number of nitriles is 1. The molecule has 0 spiro atoms. The third kappa shape index (κ3) is 3.06. The van der Waals surface area contributed by atoms with Gasteiger partial charge in [0, 0.05) is 0 Å². The molecule has 0 amide bonds. The number of rotatable bonds is 4. The molecule has 0 fully saturated rings. The van der Waals surface area contributed by atoms with Crippen LogP contribution in [0.15, 0.2) is 12.3 Å². The van der Waals surface area contributed by atoms with Crippen molar-refractivity contribution in [1.29, 1.82) is 5.26 Å². The maximum absolute atomic E-state index is 10.3. The van der Waals surface area contributed by atoms with Gasteiger partial charge in [-0.2, -0.15) is 9.94 Å². The fourth-order valence-corrected chi connectivity index (χ4v) is 1.02. The molecule has 0 aromatic carbocycles. The van der Waals surface area contributed by atoms with Crippen molar-refractivity contribution in [2.75, 3.05) is 0 Å². The van der Waals surface area contributed by atoms with E-state index < -0.39 is 10.3 Å². The Morgan fingerprint density at radius 2 is 2.40 bits per heavy atom. The second-order valence-electron chi connectivity index (χ2n) is 3.94. The van der Waals surface area contributed by atoms with Crippen molar-refractivity contribution in [2.45, 2.75) is 26.8 Å². The minimum Gasteiger partial charge on any atom is -0.358 e. The third-order valence-electron chi connectivity index (χ3n) is 2.08. The van der Waals surface area contributed by atoms with Crippen molar-refractivity contribution < 1.29 is 4.92 Å². The van der Waals surface area contributed by atoms with Crippen molar-refractivity contribution in [3.63, 3.8) is 0 Å². The van der Waals surface area contributed by atoms with E-state index in [0.717, 1.165) is 0 Å². The average Bonchev–Trinajstić information content (AvgIpc) is 2.63. The van der Waals surface area contributed by atoms with Gasteiger partial charge in [-0.25, -0.2) is 0 Å². The molecule has 0 unspecified atom stereocenters. The lowest BCUT2D eigenvalue weighted by Gasteiger charge is -2.12. The summed E-state index contributed by atoms with van der Waals surface area (Å²) in [6.07, 6.45) is 2.16. The summed E-state index contributed by atoms with van der Waals surface area (Å²) in [6, 6.07) is 3.51. The van der Waals surface area contributed by atoms with Crippen molar-refractivity contribution in [3.8, 4) is 6.07 Å². The summed E-state index contributed by atoms with van der Waals surface area (Å²) in [5.74, 6) is -0.162. The summed E-state index contributed by atoms with van der Waals surface area (Å²) in [5.41, 5.74) is -0.430. The molecule has 0 aliphatic heterocycles. The number of hydrogen-bond donors (Lipinski definition) is 0. The number of nitrogens with zero attached hydrogens (tertiary/aromatic N) is 4. The van der Waals surface area contributed by atoms with Gasteiger partial charge in [0.1, 0.15) is 0 Å². The Hall–Kier alpha value is -1.90. The lowest BCUT2D eigenvalue weighted by atomic mass is 9.92. The fraction of sp³-hybridized carbons (Fsp3) is 0.556. The number of hydrogen-bond acceptors (Lipinski definition) is 4. The number of aromatic nitrogens is 2. The lowest BCUT2D eigenvalue weighted by Crippen LogP contribution is -2.12. The first-order valence-electron chi connectivity index (χ1n) is 4.54. The van der Waals surface area contributed by atoms with Crippen LogP contribution in [0.4, 0.5) is 5.82 Å². The zero-order valence-corrected chi connectivity index (χ0v) is 8.67. The first kappa shape index (κ1) is 11.2. The molecule has 1 aromatic rings. The molecular formula is C9H12N4O2. The number of aryl methyl sites for hydroxylation is 1. The maximum atomic E-state index is 10.3. The maximum Gasteiger partial charge on any atom is 0.389 e. The average molecular weight is 208 g/mol.